The maximum Gasteiger partial charge on any atom is 0.270 e. The van der Waals surface area contributed by atoms with Gasteiger partial charge in [-0.05, 0) is 30.7 Å². The smallest absolute Gasteiger partial charge is 0.270 e. The van der Waals surface area contributed by atoms with E-state index in [1.165, 1.54) is 25.3 Å². The number of halogens is 2. The molecular weight excluding hydrogens is 198 g/mol. The number of ether oxygens (including phenoxy) is 1. The molecule has 15 heavy (non-hydrogen) atoms. The number of benzene rings is 1. The molecule has 0 aliphatic carbocycles. The molecule has 82 valence electrons. The zero-order valence-electron chi connectivity index (χ0n) is 9.10. The summed E-state index contributed by atoms with van der Waals surface area (Å²) in [6.07, 6.45) is 0. The standard InChI is InChI=1S/C12H14F2O/c1-8(2)10-7-9(12(3,13)14)5-6-11(10)15-4/h5-7H,1H2,2-4H3. The third kappa shape index (κ3) is 2.55. The number of hydrogen-bond acceptors (Lipinski definition) is 1. The maximum absolute atomic E-state index is 13.1. The molecule has 0 bridgehead atoms. The van der Waals surface area contributed by atoms with Crippen LogP contribution < -0.4 is 4.74 Å². The fraction of sp³-hybridized carbons (Fsp3) is 0.333. The second-order valence-electron chi connectivity index (χ2n) is 3.58. The van der Waals surface area contributed by atoms with Crippen LogP contribution in [0.2, 0.25) is 0 Å². The lowest BCUT2D eigenvalue weighted by Gasteiger charge is -2.14. The Bertz CT molecular complexity index is 378. The fourth-order valence-corrected chi connectivity index (χ4v) is 1.31. The zero-order valence-corrected chi connectivity index (χ0v) is 9.10. The third-order valence-electron chi connectivity index (χ3n) is 2.17. The molecule has 0 atom stereocenters. The summed E-state index contributed by atoms with van der Waals surface area (Å²) in [7, 11) is 1.51. The Hall–Kier alpha value is -1.38. The van der Waals surface area contributed by atoms with Crippen molar-refractivity contribution in [3.63, 3.8) is 0 Å². The molecule has 0 spiro atoms. The van der Waals surface area contributed by atoms with E-state index in [0.29, 0.717) is 16.9 Å². The van der Waals surface area contributed by atoms with Gasteiger partial charge in [-0.15, -0.1) is 0 Å². The van der Waals surface area contributed by atoms with Crippen LogP contribution in [0.25, 0.3) is 5.57 Å². The highest BCUT2D eigenvalue weighted by Crippen LogP contribution is 2.33. The van der Waals surface area contributed by atoms with Crippen LogP contribution in [-0.2, 0) is 5.92 Å². The van der Waals surface area contributed by atoms with Gasteiger partial charge in [0.25, 0.3) is 5.92 Å². The molecule has 0 amide bonds. The number of methoxy groups -OCH3 is 1. The van der Waals surface area contributed by atoms with Gasteiger partial charge >= 0.3 is 0 Å². The predicted octanol–water partition coefficient (Wildman–Crippen LogP) is 3.84. The first-order valence-electron chi connectivity index (χ1n) is 4.58. The van der Waals surface area contributed by atoms with Crippen molar-refractivity contribution in [3.05, 3.63) is 35.9 Å². The normalized spacial score (nSPS) is 11.3. The van der Waals surface area contributed by atoms with Gasteiger partial charge in [-0.1, -0.05) is 6.58 Å². The van der Waals surface area contributed by atoms with Crippen molar-refractivity contribution < 1.29 is 13.5 Å². The Labute approximate surface area is 88.4 Å². The Morgan fingerprint density at radius 2 is 2.00 bits per heavy atom. The monoisotopic (exact) mass is 212 g/mol. The van der Waals surface area contributed by atoms with Crippen molar-refractivity contribution in [3.8, 4) is 5.75 Å². The summed E-state index contributed by atoms with van der Waals surface area (Å²) in [5.74, 6) is -2.27. The zero-order chi connectivity index (χ0) is 11.6. The summed E-state index contributed by atoms with van der Waals surface area (Å²) >= 11 is 0. The highest BCUT2D eigenvalue weighted by atomic mass is 19.3. The topological polar surface area (TPSA) is 9.23 Å². The predicted molar refractivity (Wildman–Crippen MR) is 57.3 cm³/mol. The van der Waals surface area contributed by atoms with Gasteiger partial charge in [0.05, 0.1) is 7.11 Å². The average molecular weight is 212 g/mol. The van der Waals surface area contributed by atoms with Crippen molar-refractivity contribution >= 4 is 5.57 Å². The van der Waals surface area contributed by atoms with Gasteiger partial charge in [0.2, 0.25) is 0 Å². The van der Waals surface area contributed by atoms with Gasteiger partial charge in [-0.25, -0.2) is 8.78 Å². The van der Waals surface area contributed by atoms with Crippen LogP contribution in [-0.4, -0.2) is 7.11 Å². The van der Waals surface area contributed by atoms with Crippen molar-refractivity contribution in [2.75, 3.05) is 7.11 Å². The molecule has 0 aliphatic rings. The minimum atomic E-state index is -2.84. The molecule has 1 aromatic carbocycles. The third-order valence-corrected chi connectivity index (χ3v) is 2.17. The van der Waals surface area contributed by atoms with Crippen LogP contribution in [0.5, 0.6) is 5.75 Å². The van der Waals surface area contributed by atoms with E-state index in [0.717, 1.165) is 6.92 Å². The Morgan fingerprint density at radius 3 is 2.40 bits per heavy atom. The first kappa shape index (κ1) is 11.7. The highest BCUT2D eigenvalue weighted by molar-refractivity contribution is 5.68. The highest BCUT2D eigenvalue weighted by Gasteiger charge is 2.25. The van der Waals surface area contributed by atoms with Gasteiger partial charge in [0.1, 0.15) is 5.75 Å². The first-order valence-corrected chi connectivity index (χ1v) is 4.58. The number of rotatable bonds is 3. The van der Waals surface area contributed by atoms with Crippen molar-refractivity contribution in [2.24, 2.45) is 0 Å². The Morgan fingerprint density at radius 1 is 1.40 bits per heavy atom. The second-order valence-corrected chi connectivity index (χ2v) is 3.58. The van der Waals surface area contributed by atoms with E-state index in [-0.39, 0.29) is 5.56 Å². The lowest BCUT2D eigenvalue weighted by Crippen LogP contribution is -2.07. The van der Waals surface area contributed by atoms with E-state index in [1.54, 1.807) is 6.92 Å². The quantitative estimate of drug-likeness (QED) is 0.739. The largest absolute Gasteiger partial charge is 0.496 e. The van der Waals surface area contributed by atoms with Crippen LogP contribution in [0.15, 0.2) is 24.8 Å². The molecule has 0 unspecified atom stereocenters. The molecule has 0 aromatic heterocycles. The Balaban J connectivity index is 3.28. The van der Waals surface area contributed by atoms with Gasteiger partial charge in [-0.2, -0.15) is 0 Å². The number of hydrogen-bond donors (Lipinski definition) is 0. The molecule has 1 rings (SSSR count). The van der Waals surface area contributed by atoms with E-state index in [9.17, 15) is 8.78 Å². The van der Waals surface area contributed by atoms with Crippen LogP contribution in [0.4, 0.5) is 8.78 Å². The van der Waals surface area contributed by atoms with Gasteiger partial charge in [0.15, 0.2) is 0 Å². The summed E-state index contributed by atoms with van der Waals surface area (Å²) in [5, 5.41) is 0. The minimum absolute atomic E-state index is 0.0266. The number of alkyl halides is 2. The van der Waals surface area contributed by atoms with E-state index in [1.807, 2.05) is 0 Å². The molecular formula is C12H14F2O. The summed E-state index contributed by atoms with van der Waals surface area (Å²) in [6.45, 7) is 6.36. The van der Waals surface area contributed by atoms with Gasteiger partial charge in [-0.3, -0.25) is 0 Å². The summed E-state index contributed by atoms with van der Waals surface area (Å²) in [4.78, 5) is 0. The van der Waals surface area contributed by atoms with Gasteiger partial charge < -0.3 is 4.74 Å². The molecule has 0 heterocycles. The minimum Gasteiger partial charge on any atom is -0.496 e. The van der Waals surface area contributed by atoms with Crippen molar-refractivity contribution in [1.29, 1.82) is 0 Å². The van der Waals surface area contributed by atoms with Crippen LogP contribution in [0.3, 0.4) is 0 Å². The molecule has 0 saturated carbocycles. The average Bonchev–Trinajstić information content (AvgIpc) is 2.15. The first-order chi connectivity index (χ1) is 6.86. The molecule has 1 nitrogen and oxygen atoms in total. The van der Waals surface area contributed by atoms with Crippen molar-refractivity contribution in [2.45, 2.75) is 19.8 Å². The van der Waals surface area contributed by atoms with E-state index in [2.05, 4.69) is 6.58 Å². The van der Waals surface area contributed by atoms with Crippen LogP contribution >= 0.6 is 0 Å². The second kappa shape index (κ2) is 4.01. The van der Waals surface area contributed by atoms with E-state index >= 15 is 0 Å². The summed E-state index contributed by atoms with van der Waals surface area (Å²) < 4.78 is 31.2. The Kier molecular flexibility index (Phi) is 3.12. The molecule has 0 radical (unpaired) electrons. The fourth-order valence-electron chi connectivity index (χ4n) is 1.31. The van der Waals surface area contributed by atoms with Gasteiger partial charge in [0, 0.05) is 18.1 Å². The van der Waals surface area contributed by atoms with E-state index in [4.69, 9.17) is 4.74 Å². The summed E-state index contributed by atoms with van der Waals surface area (Å²) in [5.41, 5.74) is 1.30. The molecule has 0 N–H and O–H groups in total. The lowest BCUT2D eigenvalue weighted by atomic mass is 10.0. The maximum atomic E-state index is 13.1. The summed E-state index contributed by atoms with van der Waals surface area (Å²) in [6, 6.07) is 4.32. The number of allylic oxidation sites excluding steroid dienone is 1. The van der Waals surface area contributed by atoms with Crippen LogP contribution in [0, 0.1) is 0 Å². The van der Waals surface area contributed by atoms with E-state index < -0.39 is 5.92 Å². The van der Waals surface area contributed by atoms with Crippen LogP contribution in [0.1, 0.15) is 25.0 Å². The molecule has 0 fully saturated rings. The van der Waals surface area contributed by atoms with Crippen molar-refractivity contribution in [1.82, 2.24) is 0 Å². The molecule has 3 heteroatoms. The molecule has 0 saturated heterocycles. The molecule has 0 aliphatic heterocycles. The molecule has 1 aromatic rings. The SMILES string of the molecule is C=C(C)c1cc(C(C)(F)F)ccc1OC. The lowest BCUT2D eigenvalue weighted by molar-refractivity contribution is 0.0174.